The Morgan fingerprint density at radius 1 is 0.893 bits per heavy atom. The Balaban J connectivity index is 1.81. The number of nitrogens with one attached hydrogen (secondary N) is 1. The van der Waals surface area contributed by atoms with Gasteiger partial charge in [0.25, 0.3) is 15.9 Å². The van der Waals surface area contributed by atoms with Crippen molar-refractivity contribution >= 4 is 27.3 Å². The van der Waals surface area contributed by atoms with E-state index in [1.54, 1.807) is 30.3 Å². The Morgan fingerprint density at radius 3 is 2.18 bits per heavy atom. The largest absolute Gasteiger partial charge is 0.319 e. The maximum atomic E-state index is 13.7. The zero-order valence-corrected chi connectivity index (χ0v) is 15.6. The maximum absolute atomic E-state index is 13.7. The number of benzene rings is 3. The summed E-state index contributed by atoms with van der Waals surface area (Å²) in [6.07, 6.45) is 0. The van der Waals surface area contributed by atoms with Gasteiger partial charge in [-0.2, -0.15) is 0 Å². The van der Waals surface area contributed by atoms with Crippen molar-refractivity contribution in [3.8, 4) is 0 Å². The second-order valence-electron chi connectivity index (χ2n) is 5.89. The van der Waals surface area contributed by atoms with Crippen LogP contribution in [-0.4, -0.2) is 21.4 Å². The van der Waals surface area contributed by atoms with E-state index in [9.17, 15) is 22.0 Å². The third-order valence-electron chi connectivity index (χ3n) is 4.09. The number of nitrogens with zero attached hydrogens (tertiary/aromatic N) is 1. The third kappa shape index (κ3) is 3.86. The van der Waals surface area contributed by atoms with Crippen molar-refractivity contribution in [3.63, 3.8) is 0 Å². The van der Waals surface area contributed by atoms with E-state index in [2.05, 4.69) is 5.32 Å². The van der Waals surface area contributed by atoms with E-state index in [-0.39, 0.29) is 16.1 Å². The molecule has 0 atom stereocenters. The second kappa shape index (κ2) is 7.77. The molecule has 0 aromatic heterocycles. The van der Waals surface area contributed by atoms with Crippen molar-refractivity contribution in [2.45, 2.75) is 4.90 Å². The highest BCUT2D eigenvalue weighted by Crippen LogP contribution is 2.22. The van der Waals surface area contributed by atoms with Crippen LogP contribution in [-0.2, 0) is 10.0 Å². The van der Waals surface area contributed by atoms with Crippen LogP contribution in [0.4, 0.5) is 20.2 Å². The van der Waals surface area contributed by atoms with Gasteiger partial charge in [-0.15, -0.1) is 0 Å². The van der Waals surface area contributed by atoms with Gasteiger partial charge >= 0.3 is 0 Å². The highest BCUT2D eigenvalue weighted by Gasteiger charge is 2.21. The quantitative estimate of drug-likeness (QED) is 0.700. The number of para-hydroxylation sites is 1. The van der Waals surface area contributed by atoms with Crippen LogP contribution in [0, 0.1) is 11.6 Å². The molecule has 3 rings (SSSR count). The smallest absolute Gasteiger partial charge is 0.264 e. The van der Waals surface area contributed by atoms with Gasteiger partial charge in [-0.05, 0) is 48.5 Å². The molecule has 0 heterocycles. The summed E-state index contributed by atoms with van der Waals surface area (Å²) in [5.41, 5.74) is 0.293. The van der Waals surface area contributed by atoms with Crippen LogP contribution in [0.5, 0.6) is 0 Å². The second-order valence-corrected chi connectivity index (χ2v) is 7.86. The molecule has 1 N–H and O–H groups in total. The molecular formula is C20H16F2N2O3S. The molecule has 144 valence electrons. The molecule has 5 nitrogen and oxygen atoms in total. The van der Waals surface area contributed by atoms with E-state index in [0.717, 1.165) is 10.4 Å². The summed E-state index contributed by atoms with van der Waals surface area (Å²) in [5, 5.41) is 2.26. The topological polar surface area (TPSA) is 66.5 Å². The molecular weight excluding hydrogens is 386 g/mol. The van der Waals surface area contributed by atoms with Gasteiger partial charge in [0.1, 0.15) is 0 Å². The summed E-state index contributed by atoms with van der Waals surface area (Å²) < 4.78 is 53.5. The molecule has 0 aliphatic rings. The number of hydrogen-bond donors (Lipinski definition) is 1. The van der Waals surface area contributed by atoms with Crippen molar-refractivity contribution in [1.82, 2.24) is 0 Å². The number of halogens is 2. The first-order valence-corrected chi connectivity index (χ1v) is 9.64. The molecule has 0 unspecified atom stereocenters. The molecule has 0 spiro atoms. The molecule has 0 saturated heterocycles. The first-order chi connectivity index (χ1) is 13.3. The third-order valence-corrected chi connectivity index (χ3v) is 5.89. The summed E-state index contributed by atoms with van der Waals surface area (Å²) in [5.74, 6) is -2.94. The predicted molar refractivity (Wildman–Crippen MR) is 103 cm³/mol. The van der Waals surface area contributed by atoms with Gasteiger partial charge in [-0.3, -0.25) is 9.10 Å². The van der Waals surface area contributed by atoms with E-state index >= 15 is 0 Å². The predicted octanol–water partition coefficient (Wildman–Crippen LogP) is 4.04. The summed E-state index contributed by atoms with van der Waals surface area (Å²) >= 11 is 0. The van der Waals surface area contributed by atoms with E-state index in [0.29, 0.717) is 5.69 Å². The Kier molecular flexibility index (Phi) is 5.41. The number of hydrogen-bond acceptors (Lipinski definition) is 3. The number of carbonyl (C=O) groups excluding carboxylic acids is 1. The van der Waals surface area contributed by atoms with Crippen molar-refractivity contribution < 1.29 is 22.0 Å². The van der Waals surface area contributed by atoms with Crippen LogP contribution in [0.2, 0.25) is 0 Å². The van der Waals surface area contributed by atoms with Gasteiger partial charge in [0, 0.05) is 12.6 Å². The van der Waals surface area contributed by atoms with Crippen LogP contribution in [0.25, 0.3) is 0 Å². The van der Waals surface area contributed by atoms with Gasteiger partial charge in [-0.1, -0.05) is 24.3 Å². The molecule has 0 aliphatic heterocycles. The maximum Gasteiger partial charge on any atom is 0.264 e. The summed E-state index contributed by atoms with van der Waals surface area (Å²) in [7, 11) is -2.39. The molecule has 3 aromatic rings. The van der Waals surface area contributed by atoms with Crippen molar-refractivity contribution in [3.05, 3.63) is 90.0 Å². The lowest BCUT2D eigenvalue weighted by Crippen LogP contribution is -2.26. The van der Waals surface area contributed by atoms with Gasteiger partial charge in [-0.25, -0.2) is 17.2 Å². The lowest BCUT2D eigenvalue weighted by Gasteiger charge is -2.19. The monoisotopic (exact) mass is 402 g/mol. The fraction of sp³-hybridized carbons (Fsp3) is 0.0500. The highest BCUT2D eigenvalue weighted by molar-refractivity contribution is 7.92. The molecule has 0 saturated carbocycles. The summed E-state index contributed by atoms with van der Waals surface area (Å²) in [6.45, 7) is 0. The first-order valence-electron chi connectivity index (χ1n) is 8.20. The van der Waals surface area contributed by atoms with Crippen LogP contribution in [0.1, 0.15) is 10.4 Å². The molecule has 1 amide bonds. The lowest BCUT2D eigenvalue weighted by molar-refractivity contribution is 0.102. The Morgan fingerprint density at radius 2 is 1.54 bits per heavy atom. The van der Waals surface area contributed by atoms with Gasteiger partial charge in [0.05, 0.1) is 16.3 Å². The standard InChI is InChI=1S/C20H16F2N2O3S/c1-24(15-6-3-2-4-7-15)28(26,27)16-12-10-14(11-13-16)20(25)23-18-9-5-8-17(21)19(18)22/h2-13H,1H3,(H,23,25). The minimum absolute atomic E-state index is 0.00709. The number of anilines is 2. The zero-order chi connectivity index (χ0) is 20.3. The van der Waals surface area contributed by atoms with E-state index in [4.69, 9.17) is 0 Å². The molecule has 0 aliphatic carbocycles. The zero-order valence-electron chi connectivity index (χ0n) is 14.8. The van der Waals surface area contributed by atoms with Crippen LogP contribution in [0.15, 0.2) is 77.7 Å². The van der Waals surface area contributed by atoms with Gasteiger partial charge < -0.3 is 5.32 Å². The fourth-order valence-corrected chi connectivity index (χ4v) is 3.70. The van der Waals surface area contributed by atoms with Crippen molar-refractivity contribution in [2.75, 3.05) is 16.7 Å². The lowest BCUT2D eigenvalue weighted by atomic mass is 10.2. The molecule has 0 bridgehead atoms. The molecule has 0 radical (unpaired) electrons. The number of sulfonamides is 1. The van der Waals surface area contributed by atoms with Gasteiger partial charge in [0.2, 0.25) is 0 Å². The first kappa shape index (κ1) is 19.5. The van der Waals surface area contributed by atoms with Crippen LogP contribution in [0.3, 0.4) is 0 Å². The Hall–Kier alpha value is -3.26. The molecule has 3 aromatic carbocycles. The summed E-state index contributed by atoms with van der Waals surface area (Å²) in [6, 6.07) is 17.1. The summed E-state index contributed by atoms with van der Waals surface area (Å²) in [4.78, 5) is 12.2. The van der Waals surface area contributed by atoms with E-state index in [1.165, 1.54) is 43.4 Å². The number of amides is 1. The van der Waals surface area contributed by atoms with E-state index in [1.807, 2.05) is 0 Å². The van der Waals surface area contributed by atoms with E-state index < -0.39 is 27.6 Å². The molecule has 0 fully saturated rings. The highest BCUT2D eigenvalue weighted by atomic mass is 32.2. The van der Waals surface area contributed by atoms with Crippen molar-refractivity contribution in [2.24, 2.45) is 0 Å². The Labute approximate surface area is 161 Å². The van der Waals surface area contributed by atoms with Crippen molar-refractivity contribution in [1.29, 1.82) is 0 Å². The van der Waals surface area contributed by atoms with Crippen LogP contribution < -0.4 is 9.62 Å². The van der Waals surface area contributed by atoms with Gasteiger partial charge in [0.15, 0.2) is 11.6 Å². The fourth-order valence-electron chi connectivity index (χ4n) is 2.51. The number of carbonyl (C=O) groups is 1. The number of rotatable bonds is 5. The minimum Gasteiger partial charge on any atom is -0.319 e. The Bertz CT molecular complexity index is 1100. The van der Waals surface area contributed by atoms with Crippen LogP contribution >= 0.6 is 0 Å². The SMILES string of the molecule is CN(c1ccccc1)S(=O)(=O)c1ccc(C(=O)Nc2cccc(F)c2F)cc1. The molecule has 28 heavy (non-hydrogen) atoms. The normalized spacial score (nSPS) is 11.1. The average molecular weight is 402 g/mol. The minimum atomic E-state index is -3.81. The molecule has 8 heteroatoms. The average Bonchev–Trinajstić information content (AvgIpc) is 2.71.